The SMILES string of the molecule is CCNCC(CC)(CC)CN(CC)CC(F)(F)F. The van der Waals surface area contributed by atoms with Crippen molar-refractivity contribution in [2.45, 2.75) is 46.7 Å². The zero-order valence-electron chi connectivity index (χ0n) is 12.0. The number of alkyl halides is 3. The van der Waals surface area contributed by atoms with E-state index in [9.17, 15) is 13.2 Å². The first kappa shape index (κ1) is 17.7. The molecule has 18 heavy (non-hydrogen) atoms. The van der Waals surface area contributed by atoms with Crippen LogP contribution in [-0.4, -0.2) is 43.8 Å². The lowest BCUT2D eigenvalue weighted by molar-refractivity contribution is -0.148. The van der Waals surface area contributed by atoms with Crippen LogP contribution in [0.4, 0.5) is 13.2 Å². The van der Waals surface area contributed by atoms with E-state index in [0.29, 0.717) is 13.1 Å². The zero-order chi connectivity index (χ0) is 14.2. The first-order valence-corrected chi connectivity index (χ1v) is 6.82. The van der Waals surface area contributed by atoms with Crippen LogP contribution in [0.25, 0.3) is 0 Å². The van der Waals surface area contributed by atoms with Crippen molar-refractivity contribution in [3.05, 3.63) is 0 Å². The highest BCUT2D eigenvalue weighted by molar-refractivity contribution is 4.83. The third kappa shape index (κ3) is 6.59. The molecule has 110 valence electrons. The average molecular weight is 268 g/mol. The molecular weight excluding hydrogens is 241 g/mol. The third-order valence-corrected chi connectivity index (χ3v) is 3.66. The molecule has 0 aromatic rings. The Morgan fingerprint density at radius 1 is 0.944 bits per heavy atom. The van der Waals surface area contributed by atoms with Gasteiger partial charge >= 0.3 is 6.18 Å². The van der Waals surface area contributed by atoms with E-state index in [-0.39, 0.29) is 5.41 Å². The Kier molecular flexibility index (Phi) is 7.87. The molecule has 0 bridgehead atoms. The molecule has 0 atom stereocenters. The minimum atomic E-state index is -4.11. The second-order valence-electron chi connectivity index (χ2n) is 4.91. The van der Waals surface area contributed by atoms with E-state index in [1.54, 1.807) is 6.92 Å². The fourth-order valence-electron chi connectivity index (χ4n) is 2.18. The fraction of sp³-hybridized carbons (Fsp3) is 1.00. The van der Waals surface area contributed by atoms with Crippen molar-refractivity contribution < 1.29 is 13.2 Å². The summed E-state index contributed by atoms with van der Waals surface area (Å²) in [5.74, 6) is 0. The quantitative estimate of drug-likeness (QED) is 0.690. The predicted molar refractivity (Wildman–Crippen MR) is 69.7 cm³/mol. The Balaban J connectivity index is 4.61. The molecule has 0 unspecified atom stereocenters. The highest BCUT2D eigenvalue weighted by atomic mass is 19.4. The third-order valence-electron chi connectivity index (χ3n) is 3.66. The van der Waals surface area contributed by atoms with E-state index in [0.717, 1.165) is 25.9 Å². The molecule has 0 fully saturated rings. The smallest absolute Gasteiger partial charge is 0.316 e. The van der Waals surface area contributed by atoms with Crippen molar-refractivity contribution in [3.8, 4) is 0 Å². The number of hydrogen-bond acceptors (Lipinski definition) is 2. The summed E-state index contributed by atoms with van der Waals surface area (Å²) in [6.07, 6.45) is -2.32. The van der Waals surface area contributed by atoms with Crippen LogP contribution >= 0.6 is 0 Å². The Labute approximate surface area is 109 Å². The minimum Gasteiger partial charge on any atom is -0.316 e. The summed E-state index contributed by atoms with van der Waals surface area (Å²) in [7, 11) is 0. The van der Waals surface area contributed by atoms with Gasteiger partial charge in [0, 0.05) is 13.1 Å². The molecule has 1 N–H and O–H groups in total. The molecule has 0 saturated carbocycles. The van der Waals surface area contributed by atoms with Gasteiger partial charge in [-0.3, -0.25) is 4.90 Å². The summed E-state index contributed by atoms with van der Waals surface area (Å²) >= 11 is 0. The largest absolute Gasteiger partial charge is 0.401 e. The number of nitrogens with one attached hydrogen (secondary N) is 1. The molecule has 0 radical (unpaired) electrons. The maximum atomic E-state index is 12.5. The number of halogens is 3. The summed E-state index contributed by atoms with van der Waals surface area (Å²) in [5, 5.41) is 3.28. The van der Waals surface area contributed by atoms with Crippen molar-refractivity contribution in [1.82, 2.24) is 10.2 Å². The summed E-state index contributed by atoms with van der Waals surface area (Å²) in [5.41, 5.74) is -0.0583. The van der Waals surface area contributed by atoms with Crippen LogP contribution in [0.2, 0.25) is 0 Å². The number of nitrogens with zero attached hydrogens (tertiary/aromatic N) is 1. The maximum absolute atomic E-state index is 12.5. The van der Waals surface area contributed by atoms with Crippen LogP contribution < -0.4 is 5.32 Å². The molecule has 0 aromatic heterocycles. The predicted octanol–water partition coefficient (Wildman–Crippen LogP) is 3.29. The van der Waals surface area contributed by atoms with Gasteiger partial charge in [-0.25, -0.2) is 0 Å². The van der Waals surface area contributed by atoms with Crippen LogP contribution in [0.5, 0.6) is 0 Å². The molecule has 2 nitrogen and oxygen atoms in total. The van der Waals surface area contributed by atoms with Crippen molar-refractivity contribution >= 4 is 0 Å². The lowest BCUT2D eigenvalue weighted by Gasteiger charge is -2.37. The van der Waals surface area contributed by atoms with Gasteiger partial charge in [0.25, 0.3) is 0 Å². The molecule has 0 saturated heterocycles. The van der Waals surface area contributed by atoms with Gasteiger partial charge in [0.1, 0.15) is 0 Å². The van der Waals surface area contributed by atoms with Crippen molar-refractivity contribution in [3.63, 3.8) is 0 Å². The highest BCUT2D eigenvalue weighted by Crippen LogP contribution is 2.28. The van der Waals surface area contributed by atoms with Crippen LogP contribution in [-0.2, 0) is 0 Å². The van der Waals surface area contributed by atoms with Gasteiger partial charge in [0.15, 0.2) is 0 Å². The van der Waals surface area contributed by atoms with Gasteiger partial charge in [-0.2, -0.15) is 13.2 Å². The van der Waals surface area contributed by atoms with Gasteiger partial charge < -0.3 is 5.32 Å². The van der Waals surface area contributed by atoms with Crippen molar-refractivity contribution in [2.75, 3.05) is 32.7 Å². The Hall–Kier alpha value is -0.290. The van der Waals surface area contributed by atoms with Crippen LogP contribution in [0.3, 0.4) is 0 Å². The molecule has 0 amide bonds. The molecular formula is C13H27F3N2. The van der Waals surface area contributed by atoms with Gasteiger partial charge in [-0.05, 0) is 31.3 Å². The molecule has 0 rings (SSSR count). The normalized spacial score (nSPS) is 13.3. The van der Waals surface area contributed by atoms with Gasteiger partial charge in [-0.1, -0.05) is 27.7 Å². The van der Waals surface area contributed by atoms with Crippen molar-refractivity contribution in [2.24, 2.45) is 5.41 Å². The molecule has 0 spiro atoms. The fourth-order valence-corrected chi connectivity index (χ4v) is 2.18. The lowest BCUT2D eigenvalue weighted by Crippen LogP contribution is -2.46. The zero-order valence-corrected chi connectivity index (χ0v) is 12.0. The summed E-state index contributed by atoms with van der Waals surface area (Å²) < 4.78 is 37.4. The Bertz CT molecular complexity index is 213. The Morgan fingerprint density at radius 3 is 1.83 bits per heavy atom. The van der Waals surface area contributed by atoms with E-state index in [4.69, 9.17) is 0 Å². The maximum Gasteiger partial charge on any atom is 0.401 e. The number of rotatable bonds is 9. The molecule has 0 aromatic carbocycles. The van der Waals surface area contributed by atoms with E-state index in [1.165, 1.54) is 4.90 Å². The topological polar surface area (TPSA) is 15.3 Å². The van der Waals surface area contributed by atoms with E-state index < -0.39 is 12.7 Å². The molecule has 0 aliphatic rings. The highest BCUT2D eigenvalue weighted by Gasteiger charge is 2.34. The molecule has 0 heterocycles. The van der Waals surface area contributed by atoms with E-state index >= 15 is 0 Å². The average Bonchev–Trinajstić information content (AvgIpc) is 2.32. The summed E-state index contributed by atoms with van der Waals surface area (Å²) in [6.45, 7) is 9.69. The van der Waals surface area contributed by atoms with Crippen LogP contribution in [0.1, 0.15) is 40.5 Å². The summed E-state index contributed by atoms with van der Waals surface area (Å²) in [4.78, 5) is 1.50. The molecule has 0 aliphatic heterocycles. The first-order valence-electron chi connectivity index (χ1n) is 6.82. The summed E-state index contributed by atoms with van der Waals surface area (Å²) in [6, 6.07) is 0. The second-order valence-corrected chi connectivity index (χ2v) is 4.91. The van der Waals surface area contributed by atoms with Gasteiger partial charge in [0.05, 0.1) is 6.54 Å². The Morgan fingerprint density at radius 2 is 1.50 bits per heavy atom. The van der Waals surface area contributed by atoms with Crippen LogP contribution in [0.15, 0.2) is 0 Å². The minimum absolute atomic E-state index is 0.0583. The first-order chi connectivity index (χ1) is 8.32. The van der Waals surface area contributed by atoms with E-state index in [1.807, 2.05) is 6.92 Å². The van der Waals surface area contributed by atoms with Crippen LogP contribution in [0, 0.1) is 5.41 Å². The standard InChI is InChI=1S/C13H27F3N2/c1-5-12(6-2,9-17-7-3)10-18(8-4)11-13(14,15)16/h17H,5-11H2,1-4H3. The van der Waals surface area contributed by atoms with Gasteiger partial charge in [-0.15, -0.1) is 0 Å². The monoisotopic (exact) mass is 268 g/mol. The van der Waals surface area contributed by atoms with Gasteiger partial charge in [0.2, 0.25) is 0 Å². The second kappa shape index (κ2) is 8.00. The number of hydrogen-bond donors (Lipinski definition) is 1. The molecule has 5 heteroatoms. The van der Waals surface area contributed by atoms with Crippen molar-refractivity contribution in [1.29, 1.82) is 0 Å². The lowest BCUT2D eigenvalue weighted by atomic mass is 9.81. The molecule has 0 aliphatic carbocycles. The van der Waals surface area contributed by atoms with E-state index in [2.05, 4.69) is 19.2 Å².